The Morgan fingerprint density at radius 1 is 1.36 bits per heavy atom. The fraction of sp³-hybridized carbons (Fsp3) is 0.667. The van der Waals surface area contributed by atoms with E-state index in [4.69, 9.17) is 4.43 Å². The second-order valence-electron chi connectivity index (χ2n) is 3.87. The van der Waals surface area contributed by atoms with E-state index in [1.807, 2.05) is 0 Å². The van der Waals surface area contributed by atoms with Gasteiger partial charge in [0.25, 0.3) is 0 Å². The Hall–Kier alpha value is -0.343. The summed E-state index contributed by atoms with van der Waals surface area (Å²) in [4.78, 5) is 0. The van der Waals surface area contributed by atoms with Crippen LogP contribution in [0.1, 0.15) is 40.0 Å². The first kappa shape index (κ1) is 13.7. The lowest BCUT2D eigenvalue weighted by atomic mass is 10.1. The zero-order chi connectivity index (χ0) is 10.8. The molecule has 14 heavy (non-hydrogen) atoms. The fourth-order valence-electron chi connectivity index (χ4n) is 1.26. The minimum Gasteiger partial charge on any atom is -0.424 e. The molecule has 0 saturated carbocycles. The molecule has 0 unspecified atom stereocenters. The van der Waals surface area contributed by atoms with Gasteiger partial charge in [-0.15, -0.1) is 0 Å². The van der Waals surface area contributed by atoms with Gasteiger partial charge in [0.2, 0.25) is 0 Å². The second-order valence-corrected chi connectivity index (χ2v) is 5.39. The van der Waals surface area contributed by atoms with Crippen LogP contribution in [0.25, 0.3) is 0 Å². The quantitative estimate of drug-likeness (QED) is 0.341. The molecule has 0 aromatic rings. The van der Waals surface area contributed by atoms with Gasteiger partial charge in [0.15, 0.2) is 9.76 Å². The van der Waals surface area contributed by atoms with Crippen molar-refractivity contribution in [3.63, 3.8) is 0 Å². The van der Waals surface area contributed by atoms with Crippen molar-refractivity contribution in [1.29, 1.82) is 0 Å². The van der Waals surface area contributed by atoms with Crippen molar-refractivity contribution < 1.29 is 4.43 Å². The van der Waals surface area contributed by atoms with Gasteiger partial charge in [0, 0.05) is 6.61 Å². The Labute approximate surface area is 91.2 Å². The van der Waals surface area contributed by atoms with Gasteiger partial charge >= 0.3 is 0 Å². The molecular weight excluding hydrogens is 188 g/mol. The van der Waals surface area contributed by atoms with Crippen LogP contribution < -0.4 is 0 Å². The van der Waals surface area contributed by atoms with Crippen LogP contribution in [-0.4, -0.2) is 16.4 Å². The lowest BCUT2D eigenvalue weighted by molar-refractivity contribution is 0.359. The molecule has 0 aliphatic rings. The molecule has 2 heteroatoms. The lowest BCUT2D eigenvalue weighted by Gasteiger charge is -2.03. The highest BCUT2D eigenvalue weighted by atomic mass is 28.2. The van der Waals surface area contributed by atoms with E-state index in [9.17, 15) is 0 Å². The molecule has 0 saturated heterocycles. The van der Waals surface area contributed by atoms with Crippen LogP contribution >= 0.6 is 0 Å². The maximum atomic E-state index is 5.41. The molecule has 0 rings (SSSR count). The van der Waals surface area contributed by atoms with Gasteiger partial charge in [-0.2, -0.15) is 0 Å². The Kier molecular flexibility index (Phi) is 9.00. The average molecular weight is 212 g/mol. The highest BCUT2D eigenvalue weighted by molar-refractivity contribution is 6.27. The van der Waals surface area contributed by atoms with Crippen LogP contribution in [0.3, 0.4) is 0 Å². The zero-order valence-corrected chi connectivity index (χ0v) is 11.3. The standard InChI is InChI=1S/C12H24OSi/c1-5-13-14-10-9-12(4)8-6-7-11(2)3/h7H,4-6,8-10,14H2,1-3H3. The minimum atomic E-state index is -0.247. The average Bonchev–Trinajstić information content (AvgIpc) is 2.12. The summed E-state index contributed by atoms with van der Waals surface area (Å²) >= 11 is 0. The molecule has 0 aliphatic carbocycles. The van der Waals surface area contributed by atoms with Gasteiger partial charge in [0.05, 0.1) is 0 Å². The Bertz CT molecular complexity index is 181. The molecule has 0 aromatic carbocycles. The van der Waals surface area contributed by atoms with Crippen LogP contribution in [0.15, 0.2) is 23.8 Å². The summed E-state index contributed by atoms with van der Waals surface area (Å²) < 4.78 is 5.41. The van der Waals surface area contributed by atoms with E-state index in [1.54, 1.807) is 0 Å². The zero-order valence-electron chi connectivity index (χ0n) is 9.94. The molecule has 0 N–H and O–H groups in total. The first-order valence-electron chi connectivity index (χ1n) is 5.54. The van der Waals surface area contributed by atoms with Crippen molar-refractivity contribution in [3.8, 4) is 0 Å². The Morgan fingerprint density at radius 2 is 2.07 bits per heavy atom. The molecule has 0 radical (unpaired) electrons. The monoisotopic (exact) mass is 212 g/mol. The maximum Gasteiger partial charge on any atom is 0.161 e. The first-order valence-corrected chi connectivity index (χ1v) is 7.12. The maximum absolute atomic E-state index is 5.41. The van der Waals surface area contributed by atoms with Gasteiger partial charge in [-0.25, -0.2) is 0 Å². The Balaban J connectivity index is 3.33. The van der Waals surface area contributed by atoms with Gasteiger partial charge in [-0.1, -0.05) is 23.8 Å². The third-order valence-corrected chi connectivity index (χ3v) is 3.41. The molecular formula is C12H24OSi. The fourth-order valence-corrected chi connectivity index (χ4v) is 2.40. The lowest BCUT2D eigenvalue weighted by Crippen LogP contribution is -1.97. The van der Waals surface area contributed by atoms with Crippen molar-refractivity contribution in [2.75, 3.05) is 6.61 Å². The molecule has 82 valence electrons. The van der Waals surface area contributed by atoms with Crippen LogP contribution in [0.4, 0.5) is 0 Å². The third kappa shape index (κ3) is 9.74. The van der Waals surface area contributed by atoms with Gasteiger partial charge in [0.1, 0.15) is 0 Å². The predicted molar refractivity (Wildman–Crippen MR) is 67.4 cm³/mol. The first-order chi connectivity index (χ1) is 6.66. The highest BCUT2D eigenvalue weighted by Gasteiger charge is 1.94. The summed E-state index contributed by atoms with van der Waals surface area (Å²) in [7, 11) is -0.247. The Morgan fingerprint density at radius 3 is 2.64 bits per heavy atom. The summed E-state index contributed by atoms with van der Waals surface area (Å²) in [5.74, 6) is 0. The van der Waals surface area contributed by atoms with Crippen molar-refractivity contribution in [3.05, 3.63) is 23.8 Å². The van der Waals surface area contributed by atoms with Gasteiger partial charge < -0.3 is 4.43 Å². The molecule has 0 aliphatic heterocycles. The number of hydrogen-bond acceptors (Lipinski definition) is 1. The largest absolute Gasteiger partial charge is 0.424 e. The van der Waals surface area contributed by atoms with E-state index >= 15 is 0 Å². The van der Waals surface area contributed by atoms with Crippen molar-refractivity contribution in [2.24, 2.45) is 0 Å². The molecule has 0 fully saturated rings. The highest BCUT2D eigenvalue weighted by Crippen LogP contribution is 2.11. The molecule has 0 bridgehead atoms. The molecule has 0 heterocycles. The number of hydrogen-bond donors (Lipinski definition) is 0. The van der Waals surface area contributed by atoms with Crippen LogP contribution in [0.2, 0.25) is 6.04 Å². The van der Waals surface area contributed by atoms with Crippen LogP contribution in [-0.2, 0) is 4.43 Å². The summed E-state index contributed by atoms with van der Waals surface area (Å²) in [6, 6.07) is 1.25. The third-order valence-electron chi connectivity index (χ3n) is 2.07. The van der Waals surface area contributed by atoms with Crippen molar-refractivity contribution in [1.82, 2.24) is 0 Å². The van der Waals surface area contributed by atoms with E-state index in [0.717, 1.165) is 19.4 Å². The van der Waals surface area contributed by atoms with E-state index < -0.39 is 0 Å². The smallest absolute Gasteiger partial charge is 0.161 e. The minimum absolute atomic E-state index is 0.247. The van der Waals surface area contributed by atoms with Gasteiger partial charge in [-0.05, 0) is 46.1 Å². The summed E-state index contributed by atoms with van der Waals surface area (Å²) in [5.41, 5.74) is 2.79. The second kappa shape index (κ2) is 9.22. The van der Waals surface area contributed by atoms with Crippen LogP contribution in [0.5, 0.6) is 0 Å². The number of rotatable bonds is 8. The molecule has 0 amide bonds. The summed E-state index contributed by atoms with van der Waals surface area (Å²) in [5, 5.41) is 0. The SMILES string of the molecule is C=C(CCC=C(C)C)CC[SiH2]OCC. The van der Waals surface area contributed by atoms with E-state index in [0.29, 0.717) is 0 Å². The van der Waals surface area contributed by atoms with Crippen molar-refractivity contribution in [2.45, 2.75) is 46.1 Å². The van der Waals surface area contributed by atoms with Gasteiger partial charge in [-0.3, -0.25) is 0 Å². The number of allylic oxidation sites excluding steroid dienone is 3. The summed E-state index contributed by atoms with van der Waals surface area (Å²) in [6.45, 7) is 11.3. The van der Waals surface area contributed by atoms with E-state index in [1.165, 1.54) is 23.6 Å². The normalized spacial score (nSPS) is 10.8. The molecule has 1 nitrogen and oxygen atoms in total. The van der Waals surface area contributed by atoms with E-state index in [2.05, 4.69) is 33.4 Å². The molecule has 0 atom stereocenters. The summed E-state index contributed by atoms with van der Waals surface area (Å²) in [6.07, 6.45) is 5.75. The molecule has 0 aromatic heterocycles. The van der Waals surface area contributed by atoms with Crippen LogP contribution in [0, 0.1) is 0 Å². The topological polar surface area (TPSA) is 9.23 Å². The predicted octanol–water partition coefficient (Wildman–Crippen LogP) is 3.22. The molecule has 0 spiro atoms. The van der Waals surface area contributed by atoms with E-state index in [-0.39, 0.29) is 9.76 Å². The van der Waals surface area contributed by atoms with Crippen molar-refractivity contribution >= 4 is 9.76 Å².